The lowest BCUT2D eigenvalue weighted by Crippen LogP contribution is -2.16. The topological polar surface area (TPSA) is 16.1 Å². The molecule has 0 saturated carbocycles. The van der Waals surface area contributed by atoms with Crippen LogP contribution in [-0.4, -0.2) is 4.98 Å². The molecule has 10 rings (SSSR count). The van der Waals surface area contributed by atoms with E-state index in [1.165, 1.54) is 75.5 Å². The Hall–Kier alpha value is -6.03. The molecule has 2 aromatic heterocycles. The first-order chi connectivity index (χ1) is 25.0. The molecule has 0 atom stereocenters. The third-order valence-corrected chi connectivity index (χ3v) is 11.9. The summed E-state index contributed by atoms with van der Waals surface area (Å²) in [4.78, 5) is 7.65. The van der Waals surface area contributed by atoms with Crippen molar-refractivity contribution in [2.24, 2.45) is 0 Å². The fourth-order valence-corrected chi connectivity index (χ4v) is 9.32. The van der Waals surface area contributed by atoms with Crippen LogP contribution in [0.15, 0.2) is 170 Å². The van der Waals surface area contributed by atoms with Crippen molar-refractivity contribution < 1.29 is 0 Å². The van der Waals surface area contributed by atoms with Crippen LogP contribution in [0.25, 0.3) is 64.3 Å². The van der Waals surface area contributed by atoms with Gasteiger partial charge in [-0.05, 0) is 92.2 Å². The van der Waals surface area contributed by atoms with Gasteiger partial charge in [0.2, 0.25) is 0 Å². The van der Waals surface area contributed by atoms with Crippen molar-refractivity contribution in [2.45, 2.75) is 19.3 Å². The zero-order valence-electron chi connectivity index (χ0n) is 28.5. The van der Waals surface area contributed by atoms with Gasteiger partial charge in [-0.15, -0.1) is 11.3 Å². The monoisotopic (exact) mass is 670 g/mol. The number of anilines is 3. The molecule has 0 spiro atoms. The summed E-state index contributed by atoms with van der Waals surface area (Å²) in [5.74, 6) is 0.938. The Kier molecular flexibility index (Phi) is 6.74. The van der Waals surface area contributed by atoms with E-state index in [1.807, 2.05) is 17.5 Å². The van der Waals surface area contributed by atoms with Crippen molar-refractivity contribution in [3.05, 3.63) is 181 Å². The van der Waals surface area contributed by atoms with E-state index in [1.54, 1.807) is 0 Å². The Balaban J connectivity index is 1.28. The lowest BCUT2D eigenvalue weighted by molar-refractivity contribution is 0.660. The number of hydrogen-bond donors (Lipinski definition) is 0. The Morgan fingerprint density at radius 2 is 1.16 bits per heavy atom. The van der Waals surface area contributed by atoms with Crippen LogP contribution in [0.2, 0.25) is 0 Å². The van der Waals surface area contributed by atoms with E-state index < -0.39 is 0 Å². The van der Waals surface area contributed by atoms with Gasteiger partial charge in [0.15, 0.2) is 5.82 Å². The molecule has 0 N–H and O–H groups in total. The van der Waals surface area contributed by atoms with E-state index in [9.17, 15) is 0 Å². The van der Waals surface area contributed by atoms with Crippen LogP contribution < -0.4 is 4.90 Å². The fourth-order valence-electron chi connectivity index (χ4n) is 8.11. The highest BCUT2D eigenvalue weighted by Crippen LogP contribution is 2.54. The maximum atomic E-state index is 5.24. The molecule has 3 heteroatoms. The van der Waals surface area contributed by atoms with E-state index in [0.29, 0.717) is 0 Å². The largest absolute Gasteiger partial charge is 0.293 e. The maximum Gasteiger partial charge on any atom is 0.155 e. The highest BCUT2D eigenvalue weighted by molar-refractivity contribution is 7.26. The van der Waals surface area contributed by atoms with Gasteiger partial charge in [0.1, 0.15) is 0 Å². The van der Waals surface area contributed by atoms with Crippen molar-refractivity contribution in [2.75, 3.05) is 4.90 Å². The number of rotatable bonds is 5. The van der Waals surface area contributed by atoms with Crippen molar-refractivity contribution >= 4 is 59.5 Å². The number of nitrogens with zero attached hydrogens (tertiary/aromatic N) is 2. The number of benzene rings is 7. The summed E-state index contributed by atoms with van der Waals surface area (Å²) >= 11 is 1.83. The van der Waals surface area contributed by atoms with Gasteiger partial charge in [0, 0.05) is 38.3 Å². The van der Waals surface area contributed by atoms with Crippen LogP contribution in [-0.2, 0) is 5.41 Å². The summed E-state index contributed by atoms with van der Waals surface area (Å²) in [6.07, 6.45) is 1.98. The quantitative estimate of drug-likeness (QED) is 0.181. The van der Waals surface area contributed by atoms with E-state index in [-0.39, 0.29) is 5.41 Å². The minimum Gasteiger partial charge on any atom is -0.293 e. The lowest BCUT2D eigenvalue weighted by Gasteiger charge is -2.29. The highest BCUT2D eigenvalue weighted by atomic mass is 32.1. The number of thiophene rings is 1. The van der Waals surface area contributed by atoms with Gasteiger partial charge in [0.05, 0.1) is 10.4 Å². The van der Waals surface area contributed by atoms with Gasteiger partial charge in [-0.2, -0.15) is 0 Å². The maximum absolute atomic E-state index is 5.24. The second-order valence-electron chi connectivity index (χ2n) is 14.0. The molecule has 0 bridgehead atoms. The predicted octanol–water partition coefficient (Wildman–Crippen LogP) is 13.7. The van der Waals surface area contributed by atoms with E-state index in [4.69, 9.17) is 4.98 Å². The van der Waals surface area contributed by atoms with Crippen LogP contribution in [0, 0.1) is 0 Å². The summed E-state index contributed by atoms with van der Waals surface area (Å²) < 4.78 is 2.44. The molecule has 0 unspecified atom stereocenters. The molecule has 2 heterocycles. The first-order valence-corrected chi connectivity index (χ1v) is 18.4. The molecule has 0 radical (unpaired) electrons. The average molecular weight is 671 g/mol. The minimum absolute atomic E-state index is 0.123. The molecule has 51 heavy (non-hydrogen) atoms. The Labute approximate surface area is 301 Å². The average Bonchev–Trinajstić information content (AvgIpc) is 3.66. The number of pyridine rings is 1. The fraction of sp³-hybridized carbons (Fsp3) is 0.0625. The first kappa shape index (κ1) is 29.8. The standard InChI is InChI=1S/C48H34N2S/c1-48(2)42-20-12-11-19-37(42)40-30-44(39(29-43(40)48)33-15-7-4-8-16-33)50(36-23-21-32(22-24-36)31-13-5-3-6-14-31)47-46-38(25-26-49-47)41-27-34-17-9-10-18-35(34)28-45(41)51-46/h3-30H,1-2H3. The zero-order chi connectivity index (χ0) is 34.1. The third kappa shape index (κ3) is 4.73. The van der Waals surface area contributed by atoms with Gasteiger partial charge in [-0.1, -0.05) is 135 Å². The van der Waals surface area contributed by atoms with Crippen molar-refractivity contribution in [1.82, 2.24) is 4.98 Å². The van der Waals surface area contributed by atoms with Crippen LogP contribution in [0.3, 0.4) is 0 Å². The molecule has 2 nitrogen and oxygen atoms in total. The number of fused-ring (bicyclic) bond motifs is 7. The molecule has 9 aromatic rings. The van der Waals surface area contributed by atoms with E-state index >= 15 is 0 Å². The second-order valence-corrected chi connectivity index (χ2v) is 15.1. The molecule has 0 aliphatic heterocycles. The van der Waals surface area contributed by atoms with Crippen molar-refractivity contribution in [3.8, 4) is 33.4 Å². The van der Waals surface area contributed by atoms with Gasteiger partial charge in [-0.3, -0.25) is 4.90 Å². The summed E-state index contributed by atoms with van der Waals surface area (Å²) in [6, 6.07) is 59.7. The van der Waals surface area contributed by atoms with Crippen LogP contribution in [0.1, 0.15) is 25.0 Å². The molecule has 0 amide bonds. The number of aromatic nitrogens is 1. The van der Waals surface area contributed by atoms with Crippen LogP contribution >= 0.6 is 11.3 Å². The van der Waals surface area contributed by atoms with Gasteiger partial charge in [0.25, 0.3) is 0 Å². The minimum atomic E-state index is -0.123. The van der Waals surface area contributed by atoms with E-state index in [2.05, 4.69) is 183 Å². The smallest absolute Gasteiger partial charge is 0.155 e. The van der Waals surface area contributed by atoms with Gasteiger partial charge in [-0.25, -0.2) is 4.98 Å². The first-order valence-electron chi connectivity index (χ1n) is 17.5. The molecular weight excluding hydrogens is 637 g/mol. The van der Waals surface area contributed by atoms with Crippen molar-refractivity contribution in [1.29, 1.82) is 0 Å². The Morgan fingerprint density at radius 1 is 0.510 bits per heavy atom. The summed E-state index contributed by atoms with van der Waals surface area (Å²) in [5.41, 5.74) is 12.1. The zero-order valence-corrected chi connectivity index (χ0v) is 29.3. The summed E-state index contributed by atoms with van der Waals surface area (Å²) in [7, 11) is 0. The highest BCUT2D eigenvalue weighted by Gasteiger charge is 2.37. The summed E-state index contributed by atoms with van der Waals surface area (Å²) in [5, 5.41) is 5.00. The van der Waals surface area contributed by atoms with Gasteiger partial charge < -0.3 is 0 Å². The Morgan fingerprint density at radius 3 is 1.92 bits per heavy atom. The van der Waals surface area contributed by atoms with Crippen molar-refractivity contribution in [3.63, 3.8) is 0 Å². The van der Waals surface area contributed by atoms with Gasteiger partial charge >= 0.3 is 0 Å². The van der Waals surface area contributed by atoms with E-state index in [0.717, 1.165) is 17.2 Å². The normalized spacial score (nSPS) is 13.1. The molecule has 242 valence electrons. The molecule has 0 fully saturated rings. The van der Waals surface area contributed by atoms with Crippen LogP contribution in [0.4, 0.5) is 17.2 Å². The predicted molar refractivity (Wildman–Crippen MR) is 218 cm³/mol. The second kappa shape index (κ2) is 11.5. The molecular formula is C48H34N2S. The molecule has 0 saturated heterocycles. The molecule has 7 aromatic carbocycles. The molecule has 1 aliphatic rings. The summed E-state index contributed by atoms with van der Waals surface area (Å²) in [6.45, 7) is 4.71. The Bertz CT molecular complexity index is 2760. The number of hydrogen-bond acceptors (Lipinski definition) is 3. The molecule has 1 aliphatic carbocycles. The SMILES string of the molecule is CC1(C)c2ccccc2-c2cc(N(c3ccc(-c4ccccc4)cc3)c3nccc4c3sc3cc5ccccc5cc34)c(-c3ccccc3)cc21. The third-order valence-electron chi connectivity index (χ3n) is 10.7. The lowest BCUT2D eigenvalue weighted by atomic mass is 9.81. The van der Waals surface area contributed by atoms with Crippen LogP contribution in [0.5, 0.6) is 0 Å².